The van der Waals surface area contributed by atoms with Gasteiger partial charge in [0.1, 0.15) is 0 Å². The molecule has 0 radical (unpaired) electrons. The molecule has 2 aliphatic rings. The van der Waals surface area contributed by atoms with Crippen molar-refractivity contribution in [1.82, 2.24) is 14.9 Å². The summed E-state index contributed by atoms with van der Waals surface area (Å²) in [7, 11) is 0. The number of carbonyl (C=O) groups excluding carboxylic acids is 1. The largest absolute Gasteiger partial charge is 0.337 e. The number of amides is 1. The van der Waals surface area contributed by atoms with Crippen molar-refractivity contribution in [3.8, 4) is 0 Å². The van der Waals surface area contributed by atoms with E-state index in [4.69, 9.17) is 0 Å². The first-order valence-corrected chi connectivity index (χ1v) is 8.93. The molecule has 1 saturated heterocycles. The molecule has 26 heavy (non-hydrogen) atoms. The molecule has 1 fully saturated rings. The molecular formula is C19H22N6O. The number of benzene rings is 1. The van der Waals surface area contributed by atoms with Crippen molar-refractivity contribution in [2.45, 2.75) is 13.3 Å². The maximum atomic E-state index is 12.8. The molecule has 3 heterocycles. The van der Waals surface area contributed by atoms with E-state index in [2.05, 4.69) is 20.0 Å². The fraction of sp³-hybridized carbons (Fsp3) is 0.368. The lowest BCUT2D eigenvalue weighted by atomic mass is 10.1. The number of piperazine rings is 1. The quantitative estimate of drug-likeness (QED) is 0.847. The minimum Gasteiger partial charge on any atom is -0.337 e. The van der Waals surface area contributed by atoms with Crippen molar-refractivity contribution < 1.29 is 4.79 Å². The van der Waals surface area contributed by atoms with Crippen molar-refractivity contribution in [2.75, 3.05) is 42.6 Å². The zero-order valence-corrected chi connectivity index (χ0v) is 14.9. The van der Waals surface area contributed by atoms with E-state index in [0.29, 0.717) is 13.1 Å². The van der Waals surface area contributed by atoms with Crippen molar-refractivity contribution in [1.29, 1.82) is 0 Å². The Bertz CT molecular complexity index is 797. The Balaban J connectivity index is 1.38. The standard InChI is InChI=1S/C19H22N6O/c1-15-7-10-25(22-15)17-5-3-16(4-6-17)18(26)23-11-13-24(14-12-23)19-20-8-2-9-21-19/h2-6,8-9H,7,10-14H2,1H3. The lowest BCUT2D eigenvalue weighted by Gasteiger charge is -2.34. The predicted molar refractivity (Wildman–Crippen MR) is 102 cm³/mol. The van der Waals surface area contributed by atoms with E-state index in [0.717, 1.165) is 49.0 Å². The summed E-state index contributed by atoms with van der Waals surface area (Å²) in [5.74, 6) is 0.802. The van der Waals surface area contributed by atoms with Crippen LogP contribution in [-0.4, -0.2) is 59.2 Å². The topological polar surface area (TPSA) is 64.9 Å². The van der Waals surface area contributed by atoms with Crippen LogP contribution < -0.4 is 9.91 Å². The van der Waals surface area contributed by atoms with E-state index in [1.807, 2.05) is 47.2 Å². The molecule has 134 valence electrons. The molecule has 0 saturated carbocycles. The van der Waals surface area contributed by atoms with Crippen LogP contribution in [-0.2, 0) is 0 Å². The van der Waals surface area contributed by atoms with Crippen molar-refractivity contribution in [2.24, 2.45) is 5.10 Å². The highest BCUT2D eigenvalue weighted by molar-refractivity contribution is 5.95. The molecule has 0 atom stereocenters. The van der Waals surface area contributed by atoms with Crippen LogP contribution in [0.4, 0.5) is 11.6 Å². The number of hydrazone groups is 1. The second kappa shape index (κ2) is 7.11. The first-order valence-electron chi connectivity index (χ1n) is 8.93. The maximum Gasteiger partial charge on any atom is 0.253 e. The third kappa shape index (κ3) is 3.37. The minimum absolute atomic E-state index is 0.0753. The van der Waals surface area contributed by atoms with E-state index in [-0.39, 0.29) is 5.91 Å². The van der Waals surface area contributed by atoms with Gasteiger partial charge in [-0.15, -0.1) is 0 Å². The number of anilines is 2. The third-order valence-corrected chi connectivity index (χ3v) is 4.79. The third-order valence-electron chi connectivity index (χ3n) is 4.79. The summed E-state index contributed by atoms with van der Waals surface area (Å²) >= 11 is 0. The fourth-order valence-electron chi connectivity index (χ4n) is 3.28. The van der Waals surface area contributed by atoms with Gasteiger partial charge in [-0.05, 0) is 37.3 Å². The van der Waals surface area contributed by atoms with Gasteiger partial charge in [0, 0.05) is 62.8 Å². The Hall–Kier alpha value is -2.96. The second-order valence-corrected chi connectivity index (χ2v) is 6.58. The SMILES string of the molecule is CC1=NN(c2ccc(C(=O)N3CCN(c4ncccn4)CC3)cc2)CC1. The van der Waals surface area contributed by atoms with Crippen LogP contribution in [0.3, 0.4) is 0 Å². The highest BCUT2D eigenvalue weighted by atomic mass is 16.2. The molecule has 0 bridgehead atoms. The predicted octanol–water partition coefficient (Wildman–Crippen LogP) is 2.02. The summed E-state index contributed by atoms with van der Waals surface area (Å²) in [5, 5.41) is 6.49. The van der Waals surface area contributed by atoms with Crippen LogP contribution in [0.15, 0.2) is 47.8 Å². The van der Waals surface area contributed by atoms with Gasteiger partial charge in [-0.1, -0.05) is 0 Å². The monoisotopic (exact) mass is 350 g/mol. The maximum absolute atomic E-state index is 12.8. The average Bonchev–Trinajstić information content (AvgIpc) is 3.15. The van der Waals surface area contributed by atoms with Crippen LogP contribution >= 0.6 is 0 Å². The lowest BCUT2D eigenvalue weighted by Crippen LogP contribution is -2.49. The zero-order chi connectivity index (χ0) is 17.9. The lowest BCUT2D eigenvalue weighted by molar-refractivity contribution is 0.0746. The van der Waals surface area contributed by atoms with Gasteiger partial charge >= 0.3 is 0 Å². The highest BCUT2D eigenvalue weighted by Gasteiger charge is 2.23. The molecule has 4 rings (SSSR count). The van der Waals surface area contributed by atoms with Gasteiger partial charge in [-0.25, -0.2) is 9.97 Å². The van der Waals surface area contributed by atoms with Gasteiger partial charge in [-0.3, -0.25) is 9.80 Å². The van der Waals surface area contributed by atoms with Crippen LogP contribution in [0, 0.1) is 0 Å². The summed E-state index contributed by atoms with van der Waals surface area (Å²) < 4.78 is 0. The van der Waals surface area contributed by atoms with Crippen LogP contribution in [0.5, 0.6) is 0 Å². The first kappa shape index (κ1) is 16.5. The van der Waals surface area contributed by atoms with Gasteiger partial charge in [-0.2, -0.15) is 5.10 Å². The molecule has 0 N–H and O–H groups in total. The minimum atomic E-state index is 0.0753. The van der Waals surface area contributed by atoms with E-state index in [9.17, 15) is 4.79 Å². The van der Waals surface area contributed by atoms with Gasteiger partial charge in [0.25, 0.3) is 5.91 Å². The van der Waals surface area contributed by atoms with Crippen LogP contribution in [0.2, 0.25) is 0 Å². The van der Waals surface area contributed by atoms with E-state index < -0.39 is 0 Å². The Morgan fingerprint density at radius 2 is 1.65 bits per heavy atom. The molecule has 1 aromatic heterocycles. The highest BCUT2D eigenvalue weighted by Crippen LogP contribution is 2.21. The summed E-state index contributed by atoms with van der Waals surface area (Å²) in [6.45, 7) is 5.79. The molecule has 7 nitrogen and oxygen atoms in total. The van der Waals surface area contributed by atoms with E-state index in [1.54, 1.807) is 12.4 Å². The Morgan fingerprint density at radius 3 is 2.27 bits per heavy atom. The number of nitrogens with zero attached hydrogens (tertiary/aromatic N) is 6. The second-order valence-electron chi connectivity index (χ2n) is 6.58. The summed E-state index contributed by atoms with van der Waals surface area (Å²) in [6, 6.07) is 9.55. The summed E-state index contributed by atoms with van der Waals surface area (Å²) in [4.78, 5) is 25.3. The number of hydrogen-bond acceptors (Lipinski definition) is 6. The number of hydrogen-bond donors (Lipinski definition) is 0. The smallest absolute Gasteiger partial charge is 0.253 e. The Kier molecular flexibility index (Phi) is 4.51. The van der Waals surface area contributed by atoms with Crippen LogP contribution in [0.25, 0.3) is 0 Å². The molecule has 1 aromatic carbocycles. The number of carbonyl (C=O) groups is 1. The van der Waals surface area contributed by atoms with Gasteiger partial charge in [0.05, 0.1) is 5.69 Å². The van der Waals surface area contributed by atoms with Crippen molar-refractivity contribution in [3.63, 3.8) is 0 Å². The molecular weight excluding hydrogens is 328 g/mol. The number of aromatic nitrogens is 2. The van der Waals surface area contributed by atoms with Crippen molar-refractivity contribution >= 4 is 23.3 Å². The van der Waals surface area contributed by atoms with E-state index in [1.165, 1.54) is 0 Å². The fourth-order valence-corrected chi connectivity index (χ4v) is 3.28. The molecule has 2 aliphatic heterocycles. The molecule has 0 aliphatic carbocycles. The Labute approximate surface area is 153 Å². The molecule has 0 unspecified atom stereocenters. The zero-order valence-electron chi connectivity index (χ0n) is 14.9. The Morgan fingerprint density at radius 1 is 0.962 bits per heavy atom. The summed E-state index contributed by atoms with van der Waals surface area (Å²) in [6.07, 6.45) is 4.48. The normalized spacial score (nSPS) is 17.4. The number of rotatable bonds is 3. The molecule has 2 aromatic rings. The summed E-state index contributed by atoms with van der Waals surface area (Å²) in [5.41, 5.74) is 2.90. The van der Waals surface area contributed by atoms with Gasteiger partial charge in [0.2, 0.25) is 5.95 Å². The van der Waals surface area contributed by atoms with Gasteiger partial charge in [0.15, 0.2) is 0 Å². The van der Waals surface area contributed by atoms with E-state index >= 15 is 0 Å². The molecule has 7 heteroatoms. The molecule has 1 amide bonds. The van der Waals surface area contributed by atoms with Crippen LogP contribution in [0.1, 0.15) is 23.7 Å². The first-order chi connectivity index (χ1) is 12.7. The van der Waals surface area contributed by atoms with Crippen molar-refractivity contribution in [3.05, 3.63) is 48.3 Å². The average molecular weight is 350 g/mol. The van der Waals surface area contributed by atoms with Gasteiger partial charge < -0.3 is 9.80 Å². The molecule has 0 spiro atoms.